The number of aliphatic carboxylic acids is 2. The molecule has 0 spiro atoms. The van der Waals surface area contributed by atoms with Crippen LogP contribution in [0, 0.1) is 10.8 Å². The molecule has 1 aromatic carbocycles. The molecule has 164 valence electrons. The van der Waals surface area contributed by atoms with Crippen molar-refractivity contribution in [3.63, 3.8) is 0 Å². The molecule has 0 unspecified atom stereocenters. The van der Waals surface area contributed by atoms with E-state index in [1.807, 2.05) is 0 Å². The fourth-order valence-corrected chi connectivity index (χ4v) is 3.55. The minimum absolute atomic E-state index is 0.619. The summed E-state index contributed by atoms with van der Waals surface area (Å²) in [5.41, 5.74) is 1.59. The zero-order valence-electron chi connectivity index (χ0n) is 18.8. The Morgan fingerprint density at radius 2 is 1.00 bits per heavy atom. The fourth-order valence-electron chi connectivity index (χ4n) is 3.55. The quantitative estimate of drug-likeness (QED) is 0.327. The van der Waals surface area contributed by atoms with Crippen LogP contribution in [0.5, 0.6) is 0 Å². The standard InChI is InChI=1S/C25H40O4/c1-24(2,22(26)27)18-12-6-5-8-14-20-16-10-11-17-21(20)15-9-7-13-19-25(3,4)23(28)29/h10-11,16-17H,5-9,12-15,18-19H2,1-4H3,(H,26,27)(H,28,29). The highest BCUT2D eigenvalue weighted by Gasteiger charge is 2.26. The van der Waals surface area contributed by atoms with Crippen molar-refractivity contribution < 1.29 is 19.8 Å². The van der Waals surface area contributed by atoms with Crippen molar-refractivity contribution in [3.8, 4) is 0 Å². The molecule has 0 amide bonds. The van der Waals surface area contributed by atoms with Gasteiger partial charge in [0.05, 0.1) is 10.8 Å². The van der Waals surface area contributed by atoms with E-state index >= 15 is 0 Å². The zero-order valence-corrected chi connectivity index (χ0v) is 18.8. The molecule has 29 heavy (non-hydrogen) atoms. The summed E-state index contributed by atoms with van der Waals surface area (Å²) in [5.74, 6) is -1.42. The van der Waals surface area contributed by atoms with E-state index in [1.165, 1.54) is 11.1 Å². The fraction of sp³-hybridized carbons (Fsp3) is 0.680. The average molecular weight is 405 g/mol. The number of aryl methyl sites for hydroxylation is 2. The van der Waals surface area contributed by atoms with Crippen LogP contribution in [0.15, 0.2) is 24.3 Å². The summed E-state index contributed by atoms with van der Waals surface area (Å²) < 4.78 is 0. The van der Waals surface area contributed by atoms with Crippen LogP contribution < -0.4 is 0 Å². The van der Waals surface area contributed by atoms with Gasteiger partial charge in [-0.1, -0.05) is 56.4 Å². The van der Waals surface area contributed by atoms with Gasteiger partial charge in [0.2, 0.25) is 0 Å². The summed E-state index contributed by atoms with van der Waals surface area (Å²) in [6.07, 6.45) is 11.0. The van der Waals surface area contributed by atoms with E-state index < -0.39 is 22.8 Å². The summed E-state index contributed by atoms with van der Waals surface area (Å²) in [6, 6.07) is 8.63. The van der Waals surface area contributed by atoms with E-state index in [1.54, 1.807) is 27.7 Å². The molecule has 4 nitrogen and oxygen atoms in total. The van der Waals surface area contributed by atoms with E-state index in [4.69, 9.17) is 5.11 Å². The Morgan fingerprint density at radius 3 is 1.38 bits per heavy atom. The average Bonchev–Trinajstić information content (AvgIpc) is 2.64. The van der Waals surface area contributed by atoms with Crippen LogP contribution in [0.2, 0.25) is 0 Å². The number of hydrogen-bond acceptors (Lipinski definition) is 2. The molecule has 0 aromatic heterocycles. The number of carboxylic acid groups (broad SMARTS) is 2. The Labute approximate surface area is 176 Å². The van der Waals surface area contributed by atoms with Gasteiger partial charge in [0, 0.05) is 0 Å². The lowest BCUT2D eigenvalue weighted by atomic mass is 9.86. The van der Waals surface area contributed by atoms with E-state index in [0.29, 0.717) is 0 Å². The lowest BCUT2D eigenvalue weighted by Crippen LogP contribution is -2.23. The molecule has 0 radical (unpaired) electrons. The number of rotatable bonds is 15. The predicted molar refractivity (Wildman–Crippen MR) is 118 cm³/mol. The highest BCUT2D eigenvalue weighted by atomic mass is 16.4. The molecule has 0 aliphatic carbocycles. The molecular weight excluding hydrogens is 364 g/mol. The maximum atomic E-state index is 11.2. The first-order valence-electron chi connectivity index (χ1n) is 11.1. The molecule has 0 atom stereocenters. The van der Waals surface area contributed by atoms with Gasteiger partial charge >= 0.3 is 11.9 Å². The second-order valence-corrected chi connectivity index (χ2v) is 9.62. The topological polar surface area (TPSA) is 74.6 Å². The van der Waals surface area contributed by atoms with Gasteiger partial charge in [-0.25, -0.2) is 0 Å². The summed E-state index contributed by atoms with van der Waals surface area (Å²) in [6.45, 7) is 7.20. The van der Waals surface area contributed by atoms with Crippen LogP contribution in [0.1, 0.15) is 96.6 Å². The number of hydrogen-bond donors (Lipinski definition) is 2. The Hall–Kier alpha value is -1.84. The van der Waals surface area contributed by atoms with Crippen molar-refractivity contribution in [3.05, 3.63) is 35.4 Å². The largest absolute Gasteiger partial charge is 0.481 e. The molecule has 4 heteroatoms. The Bertz CT molecular complexity index is 646. The Morgan fingerprint density at radius 1 is 0.655 bits per heavy atom. The van der Waals surface area contributed by atoms with Gasteiger partial charge in [0.25, 0.3) is 0 Å². The predicted octanol–water partition coefficient (Wildman–Crippen LogP) is 6.50. The lowest BCUT2D eigenvalue weighted by Gasteiger charge is -2.18. The maximum Gasteiger partial charge on any atom is 0.309 e. The van der Waals surface area contributed by atoms with Gasteiger partial charge in [-0.2, -0.15) is 0 Å². The van der Waals surface area contributed by atoms with Gasteiger partial charge in [-0.3, -0.25) is 9.59 Å². The summed E-state index contributed by atoms with van der Waals surface area (Å²) in [4.78, 5) is 22.3. The second kappa shape index (κ2) is 12.0. The molecule has 0 heterocycles. The number of carbonyl (C=O) groups is 2. The van der Waals surface area contributed by atoms with Crippen LogP contribution >= 0.6 is 0 Å². The molecule has 0 aliphatic heterocycles. The SMILES string of the molecule is CC(C)(CCCCCCc1ccccc1CCCCCC(C)(C)C(=O)O)C(=O)O. The number of carboxylic acids is 2. The van der Waals surface area contributed by atoms with Gasteiger partial charge in [-0.15, -0.1) is 0 Å². The molecule has 0 aliphatic rings. The molecule has 1 rings (SSSR count). The van der Waals surface area contributed by atoms with Crippen molar-refractivity contribution in [2.24, 2.45) is 10.8 Å². The van der Waals surface area contributed by atoms with Gasteiger partial charge < -0.3 is 10.2 Å². The number of unbranched alkanes of at least 4 members (excludes halogenated alkanes) is 5. The Balaban J connectivity index is 2.30. The zero-order chi connectivity index (χ0) is 21.9. The minimum atomic E-state index is -0.714. The molecule has 0 saturated carbocycles. The van der Waals surface area contributed by atoms with E-state index in [9.17, 15) is 14.7 Å². The van der Waals surface area contributed by atoms with Crippen LogP contribution in [0.4, 0.5) is 0 Å². The third-order valence-electron chi connectivity index (χ3n) is 6.02. The summed E-state index contributed by atoms with van der Waals surface area (Å²) in [7, 11) is 0. The van der Waals surface area contributed by atoms with Crippen LogP contribution in [0.25, 0.3) is 0 Å². The third kappa shape index (κ3) is 9.47. The van der Waals surface area contributed by atoms with Gasteiger partial charge in [-0.05, 0) is 77.3 Å². The monoisotopic (exact) mass is 404 g/mol. The molecule has 0 fully saturated rings. The minimum Gasteiger partial charge on any atom is -0.481 e. The first-order chi connectivity index (χ1) is 13.6. The molecule has 0 saturated heterocycles. The smallest absolute Gasteiger partial charge is 0.309 e. The molecule has 1 aromatic rings. The van der Waals surface area contributed by atoms with Gasteiger partial charge in [0.15, 0.2) is 0 Å². The van der Waals surface area contributed by atoms with Crippen molar-refractivity contribution in [2.45, 2.75) is 98.3 Å². The van der Waals surface area contributed by atoms with E-state index in [-0.39, 0.29) is 0 Å². The van der Waals surface area contributed by atoms with Crippen LogP contribution in [0.3, 0.4) is 0 Å². The second-order valence-electron chi connectivity index (χ2n) is 9.62. The molecule has 2 N–H and O–H groups in total. The first kappa shape index (κ1) is 25.2. The van der Waals surface area contributed by atoms with E-state index in [2.05, 4.69) is 24.3 Å². The first-order valence-corrected chi connectivity index (χ1v) is 11.1. The normalized spacial score (nSPS) is 12.1. The Kier molecular flexibility index (Phi) is 10.4. The maximum absolute atomic E-state index is 11.2. The number of benzene rings is 1. The molecule has 0 bridgehead atoms. The van der Waals surface area contributed by atoms with Crippen molar-refractivity contribution in [1.82, 2.24) is 0 Å². The lowest BCUT2D eigenvalue weighted by molar-refractivity contribution is -0.148. The summed E-state index contributed by atoms with van der Waals surface area (Å²) >= 11 is 0. The van der Waals surface area contributed by atoms with E-state index in [0.717, 1.165) is 70.6 Å². The molecular formula is C25H40O4. The van der Waals surface area contributed by atoms with Crippen molar-refractivity contribution in [2.75, 3.05) is 0 Å². The third-order valence-corrected chi connectivity index (χ3v) is 6.02. The highest BCUT2D eigenvalue weighted by molar-refractivity contribution is 5.73. The van der Waals surface area contributed by atoms with Crippen molar-refractivity contribution in [1.29, 1.82) is 0 Å². The van der Waals surface area contributed by atoms with Crippen LogP contribution in [-0.4, -0.2) is 22.2 Å². The van der Waals surface area contributed by atoms with Gasteiger partial charge in [0.1, 0.15) is 0 Å². The van der Waals surface area contributed by atoms with Crippen molar-refractivity contribution >= 4 is 11.9 Å². The van der Waals surface area contributed by atoms with Crippen LogP contribution in [-0.2, 0) is 22.4 Å². The highest BCUT2D eigenvalue weighted by Crippen LogP contribution is 2.25. The summed E-state index contributed by atoms with van der Waals surface area (Å²) in [5, 5.41) is 18.4.